The number of ketones is 1. The molecule has 10 heteroatoms. The van der Waals surface area contributed by atoms with Crippen LogP contribution in [0.25, 0.3) is 11.1 Å². The summed E-state index contributed by atoms with van der Waals surface area (Å²) < 4.78 is 39.1. The Morgan fingerprint density at radius 2 is 1.74 bits per heavy atom. The van der Waals surface area contributed by atoms with Crippen LogP contribution in [0.4, 0.5) is 14.6 Å². The molecule has 8 nitrogen and oxygen atoms in total. The smallest absolute Gasteiger partial charge is 0.325 e. The number of nitrogens with one attached hydrogen (secondary N) is 2. The van der Waals surface area contributed by atoms with Crippen molar-refractivity contribution in [3.8, 4) is 11.1 Å². The van der Waals surface area contributed by atoms with Crippen molar-refractivity contribution in [2.75, 3.05) is 18.9 Å². The number of esters is 1. The van der Waals surface area contributed by atoms with Gasteiger partial charge in [0.2, 0.25) is 0 Å². The van der Waals surface area contributed by atoms with Gasteiger partial charge in [0, 0.05) is 18.2 Å². The zero-order valence-corrected chi connectivity index (χ0v) is 24.1. The lowest BCUT2D eigenvalue weighted by Gasteiger charge is -2.25. The highest BCUT2D eigenvalue weighted by Crippen LogP contribution is 2.24. The lowest BCUT2D eigenvalue weighted by Crippen LogP contribution is -2.45. The first-order chi connectivity index (χ1) is 19.9. The lowest BCUT2D eigenvalue weighted by molar-refractivity contribution is -0.154. The number of carbonyl (C=O) groups is 2. The SMILES string of the molecule is CC(C)(C)OC[C@H](NCCc1ccc(-c2cc(C(=O)c3ccc(F)cc3F)c(N)[nH]c2=O)cc1)C(=O)OC1CCCC1. The topological polar surface area (TPSA) is 124 Å². The third-order valence-corrected chi connectivity index (χ3v) is 7.11. The van der Waals surface area contributed by atoms with E-state index in [1.54, 1.807) is 12.1 Å². The molecular formula is C32H37F2N3O5. The van der Waals surface area contributed by atoms with Gasteiger partial charge < -0.3 is 25.5 Å². The molecule has 0 unspecified atom stereocenters. The van der Waals surface area contributed by atoms with Gasteiger partial charge in [-0.2, -0.15) is 0 Å². The van der Waals surface area contributed by atoms with Crippen LogP contribution in [0.1, 0.15) is 67.9 Å². The van der Waals surface area contributed by atoms with Crippen LogP contribution >= 0.6 is 0 Å². The summed E-state index contributed by atoms with van der Waals surface area (Å²) in [5.41, 5.74) is 6.15. The van der Waals surface area contributed by atoms with Crippen LogP contribution in [-0.2, 0) is 20.7 Å². The zero-order chi connectivity index (χ0) is 30.4. The summed E-state index contributed by atoms with van der Waals surface area (Å²) in [5, 5.41) is 3.26. The summed E-state index contributed by atoms with van der Waals surface area (Å²) in [6.07, 6.45) is 4.47. The maximum absolute atomic E-state index is 14.2. The van der Waals surface area contributed by atoms with Gasteiger partial charge in [0.05, 0.1) is 23.3 Å². The van der Waals surface area contributed by atoms with Gasteiger partial charge in [-0.1, -0.05) is 24.3 Å². The average Bonchev–Trinajstić information content (AvgIpc) is 3.43. The highest BCUT2D eigenvalue weighted by Gasteiger charge is 2.27. The molecule has 1 saturated carbocycles. The van der Waals surface area contributed by atoms with E-state index in [4.69, 9.17) is 15.2 Å². The predicted octanol–water partition coefficient (Wildman–Crippen LogP) is 4.93. The minimum atomic E-state index is -1.02. The van der Waals surface area contributed by atoms with Crippen molar-refractivity contribution >= 4 is 17.6 Å². The largest absolute Gasteiger partial charge is 0.461 e. The summed E-state index contributed by atoms with van der Waals surface area (Å²) in [5.74, 6) is -3.13. The average molecular weight is 582 g/mol. The van der Waals surface area contributed by atoms with Gasteiger partial charge >= 0.3 is 5.97 Å². The van der Waals surface area contributed by atoms with Crippen LogP contribution in [0.15, 0.2) is 53.3 Å². The summed E-state index contributed by atoms with van der Waals surface area (Å²) in [4.78, 5) is 40.9. The van der Waals surface area contributed by atoms with Gasteiger partial charge in [0.15, 0.2) is 5.78 Å². The molecule has 1 fully saturated rings. The Kier molecular flexibility index (Phi) is 9.90. The second-order valence-electron chi connectivity index (χ2n) is 11.5. The van der Waals surface area contributed by atoms with Gasteiger partial charge in [-0.05, 0) is 82.2 Å². The van der Waals surface area contributed by atoms with E-state index in [0.717, 1.165) is 43.4 Å². The van der Waals surface area contributed by atoms with Crippen LogP contribution in [-0.4, -0.2) is 47.6 Å². The standard InChI is InChI=1S/C32H37F2N3O5/c1-32(2,3)41-18-27(31(40)42-22-6-4-5-7-22)36-15-14-19-8-10-20(11-9-19)24-17-25(29(35)37-30(24)39)28(38)23-13-12-21(33)16-26(23)34/h8-13,16-17,22,27,36H,4-7,14-15,18H2,1-3H3,(H3,35,37,39)/t27-/m0/s1. The molecule has 2 aromatic carbocycles. The number of rotatable bonds is 11. The van der Waals surface area contributed by atoms with Crippen LogP contribution in [0.2, 0.25) is 0 Å². The van der Waals surface area contributed by atoms with E-state index in [1.807, 2.05) is 32.9 Å². The van der Waals surface area contributed by atoms with E-state index >= 15 is 0 Å². The summed E-state index contributed by atoms with van der Waals surface area (Å²) in [6.45, 7) is 6.47. The predicted molar refractivity (Wildman–Crippen MR) is 156 cm³/mol. The molecule has 4 rings (SSSR count). The van der Waals surface area contributed by atoms with Crippen LogP contribution < -0.4 is 16.6 Å². The molecule has 0 radical (unpaired) electrons. The number of hydrogen-bond donors (Lipinski definition) is 3. The van der Waals surface area contributed by atoms with E-state index in [2.05, 4.69) is 10.3 Å². The summed E-state index contributed by atoms with van der Waals surface area (Å²) in [7, 11) is 0. The van der Waals surface area contributed by atoms with Crippen LogP contribution in [0.5, 0.6) is 0 Å². The number of hydrogen-bond acceptors (Lipinski definition) is 7. The fourth-order valence-electron chi connectivity index (χ4n) is 4.80. The van der Waals surface area contributed by atoms with Crippen molar-refractivity contribution < 1.29 is 27.8 Å². The highest BCUT2D eigenvalue weighted by atomic mass is 19.1. The number of aromatic nitrogens is 1. The molecular weight excluding hydrogens is 544 g/mol. The number of benzene rings is 2. The monoisotopic (exact) mass is 581 g/mol. The van der Waals surface area contributed by atoms with Crippen LogP contribution in [0, 0.1) is 11.6 Å². The van der Waals surface area contributed by atoms with E-state index in [1.165, 1.54) is 6.07 Å². The minimum Gasteiger partial charge on any atom is -0.461 e. The highest BCUT2D eigenvalue weighted by molar-refractivity contribution is 6.12. The van der Waals surface area contributed by atoms with Crippen molar-refractivity contribution in [3.63, 3.8) is 0 Å². The first kappa shape index (κ1) is 31.1. The fraction of sp³-hybridized carbons (Fsp3) is 0.406. The Balaban J connectivity index is 1.43. The van der Waals surface area contributed by atoms with E-state index in [0.29, 0.717) is 24.6 Å². The third-order valence-electron chi connectivity index (χ3n) is 7.11. The lowest BCUT2D eigenvalue weighted by atomic mass is 9.98. The molecule has 1 atom stereocenters. The molecule has 224 valence electrons. The number of halogens is 2. The summed E-state index contributed by atoms with van der Waals surface area (Å²) in [6, 6.07) is 10.5. The Bertz CT molecular complexity index is 1470. The maximum atomic E-state index is 14.2. The Morgan fingerprint density at radius 1 is 1.05 bits per heavy atom. The minimum absolute atomic E-state index is 0.0361. The number of nitrogen functional groups attached to an aromatic ring is 1. The molecule has 3 aromatic rings. The number of aromatic amines is 1. The number of anilines is 1. The molecule has 0 saturated heterocycles. The molecule has 0 amide bonds. The van der Waals surface area contributed by atoms with Crippen molar-refractivity contribution in [2.24, 2.45) is 0 Å². The van der Waals surface area contributed by atoms with Crippen molar-refractivity contribution in [1.29, 1.82) is 0 Å². The Morgan fingerprint density at radius 3 is 2.38 bits per heavy atom. The first-order valence-corrected chi connectivity index (χ1v) is 14.1. The Labute approximate surface area is 243 Å². The molecule has 1 heterocycles. The van der Waals surface area contributed by atoms with Crippen LogP contribution in [0.3, 0.4) is 0 Å². The van der Waals surface area contributed by atoms with Gasteiger partial charge in [-0.15, -0.1) is 0 Å². The third kappa shape index (κ3) is 8.10. The van der Waals surface area contributed by atoms with E-state index < -0.39 is 34.6 Å². The zero-order valence-electron chi connectivity index (χ0n) is 24.1. The molecule has 42 heavy (non-hydrogen) atoms. The fourth-order valence-corrected chi connectivity index (χ4v) is 4.80. The number of ether oxygens (including phenoxy) is 2. The Hall–Kier alpha value is -3.89. The van der Waals surface area contributed by atoms with Gasteiger partial charge in [0.25, 0.3) is 5.56 Å². The second kappa shape index (κ2) is 13.4. The number of pyridine rings is 1. The normalized spacial score (nSPS) is 14.6. The molecule has 1 aliphatic rings. The van der Waals surface area contributed by atoms with E-state index in [9.17, 15) is 23.2 Å². The second-order valence-corrected chi connectivity index (χ2v) is 11.5. The van der Waals surface area contributed by atoms with Crippen molar-refractivity contribution in [3.05, 3.63) is 87.2 Å². The van der Waals surface area contributed by atoms with Crippen molar-refractivity contribution in [2.45, 2.75) is 70.6 Å². The van der Waals surface area contributed by atoms with Gasteiger partial charge in [0.1, 0.15) is 29.6 Å². The number of nitrogens with two attached hydrogens (primary N) is 1. The molecule has 4 N–H and O–H groups in total. The molecule has 0 spiro atoms. The molecule has 0 aliphatic heterocycles. The van der Waals surface area contributed by atoms with E-state index in [-0.39, 0.29) is 41.2 Å². The molecule has 0 bridgehead atoms. The van der Waals surface area contributed by atoms with Gasteiger partial charge in [-0.3, -0.25) is 14.4 Å². The molecule has 1 aromatic heterocycles. The molecule has 1 aliphatic carbocycles. The first-order valence-electron chi connectivity index (χ1n) is 14.1. The maximum Gasteiger partial charge on any atom is 0.325 e. The number of H-pyrrole nitrogens is 1. The quantitative estimate of drug-likeness (QED) is 0.217. The van der Waals surface area contributed by atoms with Gasteiger partial charge in [-0.25, -0.2) is 8.78 Å². The van der Waals surface area contributed by atoms with Crippen molar-refractivity contribution in [1.82, 2.24) is 10.3 Å². The summed E-state index contributed by atoms with van der Waals surface area (Å²) >= 11 is 0. The number of carbonyl (C=O) groups excluding carboxylic acids is 2.